The van der Waals surface area contributed by atoms with Gasteiger partial charge in [0.25, 0.3) is 0 Å². The Morgan fingerprint density at radius 1 is 0.968 bits per heavy atom. The van der Waals surface area contributed by atoms with Crippen LogP contribution < -0.4 is 20.7 Å². The van der Waals surface area contributed by atoms with Gasteiger partial charge >= 0.3 is 0 Å². The number of para-hydroxylation sites is 1. The summed E-state index contributed by atoms with van der Waals surface area (Å²) in [6.07, 6.45) is 0. The maximum absolute atomic E-state index is 12.4. The standard InChI is InChI=1S/C23H30N4O4/c1-15-7-6-8-16(2)22(15)26-20(28)13-24-23(30)17(3)27(4)14-21(29)25-18-9-11-19(31-5)12-10-18/h6-12,17H,13-14H2,1-5H3,(H,24,30)(H,25,29)(H,26,28)/t17-/m1/s1. The van der Waals surface area contributed by atoms with E-state index in [-0.39, 0.29) is 30.8 Å². The van der Waals surface area contributed by atoms with Crippen LogP contribution in [0, 0.1) is 13.8 Å². The minimum absolute atomic E-state index is 0.0230. The average Bonchev–Trinajstić information content (AvgIpc) is 2.74. The third-order valence-electron chi connectivity index (χ3n) is 4.98. The predicted molar refractivity (Wildman–Crippen MR) is 121 cm³/mol. The van der Waals surface area contributed by atoms with Crippen molar-refractivity contribution in [1.29, 1.82) is 0 Å². The van der Waals surface area contributed by atoms with Crippen LogP contribution in [0.3, 0.4) is 0 Å². The molecule has 0 bridgehead atoms. The molecule has 2 rings (SSSR count). The number of amides is 3. The largest absolute Gasteiger partial charge is 0.497 e. The van der Waals surface area contributed by atoms with Crippen LogP contribution in [0.25, 0.3) is 0 Å². The Labute approximate surface area is 183 Å². The van der Waals surface area contributed by atoms with Crippen LogP contribution in [-0.4, -0.2) is 55.9 Å². The van der Waals surface area contributed by atoms with Crippen LogP contribution >= 0.6 is 0 Å². The predicted octanol–water partition coefficient (Wildman–Crippen LogP) is 2.33. The Morgan fingerprint density at radius 2 is 1.58 bits per heavy atom. The van der Waals surface area contributed by atoms with Crippen LogP contribution in [0.15, 0.2) is 42.5 Å². The van der Waals surface area contributed by atoms with Gasteiger partial charge in [-0.25, -0.2) is 0 Å². The quantitative estimate of drug-likeness (QED) is 0.572. The highest BCUT2D eigenvalue weighted by molar-refractivity contribution is 5.96. The fourth-order valence-corrected chi connectivity index (χ4v) is 2.95. The van der Waals surface area contributed by atoms with Crippen LogP contribution in [0.2, 0.25) is 0 Å². The number of hydrogen-bond acceptors (Lipinski definition) is 5. The number of benzene rings is 2. The number of carbonyl (C=O) groups excluding carboxylic acids is 3. The second kappa shape index (κ2) is 11.1. The number of nitrogens with one attached hydrogen (secondary N) is 3. The molecule has 2 aromatic carbocycles. The van der Waals surface area contributed by atoms with E-state index in [9.17, 15) is 14.4 Å². The maximum atomic E-state index is 12.4. The van der Waals surface area contributed by atoms with Gasteiger partial charge in [0.1, 0.15) is 5.75 Å². The molecule has 3 amide bonds. The van der Waals surface area contributed by atoms with Gasteiger partial charge in [-0.2, -0.15) is 0 Å². The summed E-state index contributed by atoms with van der Waals surface area (Å²) >= 11 is 0. The van der Waals surface area contributed by atoms with Gasteiger partial charge < -0.3 is 20.7 Å². The first-order chi connectivity index (χ1) is 14.7. The summed E-state index contributed by atoms with van der Waals surface area (Å²) in [7, 11) is 3.25. The first-order valence-corrected chi connectivity index (χ1v) is 9.99. The summed E-state index contributed by atoms with van der Waals surface area (Å²) in [5, 5.41) is 8.22. The van der Waals surface area contributed by atoms with Gasteiger partial charge in [-0.05, 0) is 63.2 Å². The van der Waals surface area contributed by atoms with E-state index in [1.54, 1.807) is 50.2 Å². The number of aryl methyl sites for hydroxylation is 2. The van der Waals surface area contributed by atoms with Crippen molar-refractivity contribution in [3.05, 3.63) is 53.6 Å². The van der Waals surface area contributed by atoms with Crippen molar-refractivity contribution in [3.8, 4) is 5.75 Å². The smallest absolute Gasteiger partial charge is 0.243 e. The van der Waals surface area contributed by atoms with Gasteiger partial charge in [0.15, 0.2) is 0 Å². The van der Waals surface area contributed by atoms with E-state index in [0.717, 1.165) is 16.8 Å². The van der Waals surface area contributed by atoms with E-state index < -0.39 is 6.04 Å². The Kier molecular flexibility index (Phi) is 8.57. The van der Waals surface area contributed by atoms with E-state index in [1.807, 2.05) is 32.0 Å². The normalized spacial score (nSPS) is 11.5. The van der Waals surface area contributed by atoms with Gasteiger partial charge in [0.05, 0.1) is 26.2 Å². The number of rotatable bonds is 9. The second-order valence-corrected chi connectivity index (χ2v) is 7.40. The summed E-state index contributed by atoms with van der Waals surface area (Å²) < 4.78 is 5.09. The minimum Gasteiger partial charge on any atom is -0.497 e. The van der Waals surface area contributed by atoms with Crippen molar-refractivity contribution in [2.45, 2.75) is 26.8 Å². The molecule has 166 valence electrons. The SMILES string of the molecule is COc1ccc(NC(=O)CN(C)[C@H](C)C(=O)NCC(=O)Nc2c(C)cccc2C)cc1. The Balaban J connectivity index is 1.80. The summed E-state index contributed by atoms with van der Waals surface area (Å²) in [5.74, 6) is -0.198. The van der Waals surface area contributed by atoms with Gasteiger partial charge in [-0.1, -0.05) is 18.2 Å². The fraction of sp³-hybridized carbons (Fsp3) is 0.348. The molecule has 0 saturated carbocycles. The second-order valence-electron chi connectivity index (χ2n) is 7.40. The molecule has 0 aliphatic heterocycles. The molecule has 0 aliphatic rings. The molecule has 8 heteroatoms. The molecule has 0 aliphatic carbocycles. The molecule has 0 unspecified atom stereocenters. The van der Waals surface area contributed by atoms with E-state index >= 15 is 0 Å². The Hall–Kier alpha value is -3.39. The minimum atomic E-state index is -0.588. The third-order valence-corrected chi connectivity index (χ3v) is 4.98. The lowest BCUT2D eigenvalue weighted by atomic mass is 10.1. The fourth-order valence-electron chi connectivity index (χ4n) is 2.95. The van der Waals surface area contributed by atoms with Crippen LogP contribution in [0.1, 0.15) is 18.1 Å². The lowest BCUT2D eigenvalue weighted by molar-refractivity contribution is -0.128. The van der Waals surface area contributed by atoms with Gasteiger partial charge in [0.2, 0.25) is 17.7 Å². The molecule has 0 aromatic heterocycles. The summed E-state index contributed by atoms with van der Waals surface area (Å²) in [6, 6.07) is 12.1. The summed E-state index contributed by atoms with van der Waals surface area (Å²) in [6.45, 7) is 5.38. The number of hydrogen-bond donors (Lipinski definition) is 3. The topological polar surface area (TPSA) is 99.8 Å². The number of methoxy groups -OCH3 is 1. The zero-order chi connectivity index (χ0) is 23.0. The zero-order valence-electron chi connectivity index (χ0n) is 18.6. The van der Waals surface area contributed by atoms with Gasteiger partial charge in [0, 0.05) is 11.4 Å². The first-order valence-electron chi connectivity index (χ1n) is 9.99. The van der Waals surface area contributed by atoms with Crippen molar-refractivity contribution in [2.75, 3.05) is 37.9 Å². The van der Waals surface area contributed by atoms with Crippen molar-refractivity contribution < 1.29 is 19.1 Å². The molecular formula is C23H30N4O4. The van der Waals surface area contributed by atoms with Crippen molar-refractivity contribution in [3.63, 3.8) is 0 Å². The molecule has 0 saturated heterocycles. The van der Waals surface area contributed by atoms with E-state index in [4.69, 9.17) is 4.74 Å². The van der Waals surface area contributed by atoms with Crippen molar-refractivity contribution >= 4 is 29.1 Å². The Bertz CT molecular complexity index is 907. The van der Waals surface area contributed by atoms with Crippen LogP contribution in [-0.2, 0) is 14.4 Å². The highest BCUT2D eigenvalue weighted by atomic mass is 16.5. The van der Waals surface area contributed by atoms with Crippen molar-refractivity contribution in [2.24, 2.45) is 0 Å². The van der Waals surface area contributed by atoms with Crippen molar-refractivity contribution in [1.82, 2.24) is 10.2 Å². The highest BCUT2D eigenvalue weighted by Gasteiger charge is 2.21. The number of anilines is 2. The zero-order valence-corrected chi connectivity index (χ0v) is 18.6. The molecule has 0 heterocycles. The van der Waals surface area contributed by atoms with Gasteiger partial charge in [-0.3, -0.25) is 19.3 Å². The van der Waals surface area contributed by atoms with E-state index in [1.165, 1.54) is 0 Å². The van der Waals surface area contributed by atoms with E-state index in [0.29, 0.717) is 11.4 Å². The molecule has 3 N–H and O–H groups in total. The summed E-state index contributed by atoms with van der Waals surface area (Å²) in [5.41, 5.74) is 3.30. The van der Waals surface area contributed by atoms with Gasteiger partial charge in [-0.15, -0.1) is 0 Å². The Morgan fingerprint density at radius 3 is 2.16 bits per heavy atom. The van der Waals surface area contributed by atoms with Crippen LogP contribution in [0.5, 0.6) is 5.75 Å². The summed E-state index contributed by atoms with van der Waals surface area (Å²) in [4.78, 5) is 38.5. The molecule has 2 aromatic rings. The molecule has 1 atom stereocenters. The molecule has 31 heavy (non-hydrogen) atoms. The molecular weight excluding hydrogens is 396 g/mol. The molecule has 0 radical (unpaired) electrons. The molecule has 0 spiro atoms. The number of nitrogens with zero attached hydrogens (tertiary/aromatic N) is 1. The third kappa shape index (κ3) is 7.11. The highest BCUT2D eigenvalue weighted by Crippen LogP contribution is 2.19. The van der Waals surface area contributed by atoms with Crippen LogP contribution in [0.4, 0.5) is 11.4 Å². The number of ether oxygens (including phenoxy) is 1. The van der Waals surface area contributed by atoms with E-state index in [2.05, 4.69) is 16.0 Å². The number of carbonyl (C=O) groups is 3. The first kappa shape index (κ1) is 23.9. The monoisotopic (exact) mass is 426 g/mol. The number of likely N-dealkylation sites (N-methyl/N-ethyl adjacent to an activating group) is 1. The molecule has 0 fully saturated rings. The lowest BCUT2D eigenvalue weighted by Crippen LogP contribution is -2.47. The average molecular weight is 427 g/mol. The molecule has 8 nitrogen and oxygen atoms in total. The lowest BCUT2D eigenvalue weighted by Gasteiger charge is -2.23. The maximum Gasteiger partial charge on any atom is 0.243 e.